The fraction of sp³-hybridized carbons (Fsp3) is 0.455. The van der Waals surface area contributed by atoms with E-state index in [1.165, 1.54) is 0 Å². The van der Waals surface area contributed by atoms with Gasteiger partial charge in [-0.25, -0.2) is 0 Å². The summed E-state index contributed by atoms with van der Waals surface area (Å²) in [5.74, 6) is 2.66. The van der Waals surface area contributed by atoms with E-state index in [4.69, 9.17) is 37.0 Å². The Morgan fingerprint density at radius 2 is 0.607 bits per heavy atom. The zero-order valence-electron chi connectivity index (χ0n) is 34.9. The minimum absolute atomic E-state index is 0.356. The van der Waals surface area contributed by atoms with Gasteiger partial charge in [-0.2, -0.15) is 0 Å². The van der Waals surface area contributed by atoms with E-state index in [0.717, 1.165) is 44.5 Å². The highest BCUT2D eigenvalue weighted by Crippen LogP contribution is 2.52. The molecule has 0 amide bonds. The van der Waals surface area contributed by atoms with E-state index in [9.17, 15) is 9.13 Å². The lowest BCUT2D eigenvalue weighted by molar-refractivity contribution is 0.149. The molecule has 0 unspecified atom stereocenters. The van der Waals surface area contributed by atoms with Crippen LogP contribution in [0.4, 0.5) is 0 Å². The molecule has 10 nitrogen and oxygen atoms in total. The SMILES string of the molecule is COc1c2cccc1Cc1cc(P(=O)(OC(C)C)OC(C)C)cc(c1OC)Cc1cccc(c1OC)Cc1cc(P(=O)(OC(C)C)OC(C)C)cc(c1OC)C2. The van der Waals surface area contributed by atoms with Gasteiger partial charge in [-0.1, -0.05) is 36.4 Å². The molecule has 304 valence electrons. The number of fused-ring (bicyclic) bond motifs is 8. The Balaban J connectivity index is 1.85. The Kier molecular flexibility index (Phi) is 14.2. The van der Waals surface area contributed by atoms with Gasteiger partial charge in [0.25, 0.3) is 0 Å². The Morgan fingerprint density at radius 3 is 0.804 bits per heavy atom. The topological polar surface area (TPSA) is 108 Å². The molecule has 0 heterocycles. The first-order valence-electron chi connectivity index (χ1n) is 19.2. The molecule has 1 aliphatic rings. The van der Waals surface area contributed by atoms with E-state index in [0.29, 0.717) is 59.3 Å². The predicted octanol–water partition coefficient (Wildman–Crippen LogP) is 9.73. The molecular formula is C44H58O10P2. The molecule has 56 heavy (non-hydrogen) atoms. The summed E-state index contributed by atoms with van der Waals surface area (Å²) < 4.78 is 78.6. The van der Waals surface area contributed by atoms with Crippen molar-refractivity contribution in [1.82, 2.24) is 0 Å². The van der Waals surface area contributed by atoms with Crippen LogP contribution in [0, 0.1) is 0 Å². The maximum atomic E-state index is 14.7. The van der Waals surface area contributed by atoms with Gasteiger partial charge in [0.1, 0.15) is 23.0 Å². The standard InChI is InChI=1S/C44H58O10P2/c1-27(2)51-55(45,52-28(3)4)39-23-35-19-31-15-13-17-33(41(31)47-9)21-37-25-40(56(46,53-29(5)6)54-30(7)8)26-38(44(37)50-12)22-34-18-14-16-32(42(34)48-10)20-36(24-39)43(35)49-11/h13-18,23-30H,19-22H2,1-12H3. The molecule has 0 saturated heterocycles. The Labute approximate surface area is 333 Å². The molecule has 0 radical (unpaired) electrons. The van der Waals surface area contributed by atoms with Gasteiger partial charge in [0.2, 0.25) is 0 Å². The predicted molar refractivity (Wildman–Crippen MR) is 223 cm³/mol. The molecule has 1 aliphatic carbocycles. The number of para-hydroxylation sites is 2. The molecular weight excluding hydrogens is 750 g/mol. The second-order valence-electron chi connectivity index (χ2n) is 15.1. The molecule has 0 aromatic heterocycles. The van der Waals surface area contributed by atoms with Crippen LogP contribution in [0.25, 0.3) is 0 Å². The number of rotatable bonds is 14. The molecule has 5 rings (SSSR count). The van der Waals surface area contributed by atoms with Crippen LogP contribution in [0.3, 0.4) is 0 Å². The Morgan fingerprint density at radius 1 is 0.393 bits per heavy atom. The first kappa shape index (κ1) is 43.5. The molecule has 0 aliphatic heterocycles. The third-order valence-electron chi connectivity index (χ3n) is 9.18. The van der Waals surface area contributed by atoms with Crippen molar-refractivity contribution >= 4 is 25.8 Å². The lowest BCUT2D eigenvalue weighted by Gasteiger charge is -2.26. The number of hydrogen-bond acceptors (Lipinski definition) is 10. The minimum Gasteiger partial charge on any atom is -0.496 e. The van der Waals surface area contributed by atoms with E-state index >= 15 is 0 Å². The fourth-order valence-corrected chi connectivity index (χ4v) is 11.5. The zero-order valence-corrected chi connectivity index (χ0v) is 36.7. The highest BCUT2D eigenvalue weighted by molar-refractivity contribution is 7.62. The average Bonchev–Trinajstić information content (AvgIpc) is 3.10. The van der Waals surface area contributed by atoms with Gasteiger partial charge in [0, 0.05) is 25.7 Å². The van der Waals surface area contributed by atoms with Crippen molar-refractivity contribution in [2.75, 3.05) is 28.4 Å². The van der Waals surface area contributed by atoms with Gasteiger partial charge >= 0.3 is 15.2 Å². The second kappa shape index (κ2) is 18.3. The van der Waals surface area contributed by atoms with Crippen molar-refractivity contribution in [3.63, 3.8) is 0 Å². The maximum Gasteiger partial charge on any atom is 0.361 e. The van der Waals surface area contributed by atoms with Crippen LogP contribution in [0.1, 0.15) is 99.9 Å². The molecule has 0 atom stereocenters. The monoisotopic (exact) mass is 808 g/mol. The zero-order chi connectivity index (χ0) is 40.9. The van der Waals surface area contributed by atoms with Crippen molar-refractivity contribution < 1.29 is 46.2 Å². The first-order valence-corrected chi connectivity index (χ1v) is 22.3. The lowest BCUT2D eigenvalue weighted by atomic mass is 9.91. The largest absolute Gasteiger partial charge is 0.496 e. The van der Waals surface area contributed by atoms with Crippen LogP contribution >= 0.6 is 15.2 Å². The van der Waals surface area contributed by atoms with Gasteiger partial charge < -0.3 is 37.0 Å². The summed E-state index contributed by atoms with van der Waals surface area (Å²) in [6.07, 6.45) is 0.0888. The number of ether oxygens (including phenoxy) is 4. The Bertz CT molecular complexity index is 1840. The van der Waals surface area contributed by atoms with Crippen molar-refractivity contribution in [1.29, 1.82) is 0 Å². The number of benzene rings is 4. The van der Waals surface area contributed by atoms with Gasteiger partial charge in [0.15, 0.2) is 0 Å². The van der Waals surface area contributed by atoms with Gasteiger partial charge in [-0.15, -0.1) is 0 Å². The van der Waals surface area contributed by atoms with Crippen LogP contribution in [0.15, 0.2) is 60.7 Å². The normalized spacial score (nSPS) is 13.4. The highest BCUT2D eigenvalue weighted by Gasteiger charge is 2.35. The third kappa shape index (κ3) is 9.73. The van der Waals surface area contributed by atoms with Crippen molar-refractivity contribution in [3.8, 4) is 23.0 Å². The van der Waals surface area contributed by atoms with Crippen molar-refractivity contribution in [2.45, 2.75) is 105 Å². The molecule has 0 N–H and O–H groups in total. The molecule has 0 fully saturated rings. The van der Waals surface area contributed by atoms with Gasteiger partial charge in [0.05, 0.1) is 63.5 Å². The van der Waals surface area contributed by atoms with E-state index < -0.39 is 15.2 Å². The molecule has 4 aromatic carbocycles. The molecule has 4 aromatic rings. The van der Waals surface area contributed by atoms with E-state index in [1.807, 2.05) is 116 Å². The first-order chi connectivity index (χ1) is 26.5. The molecule has 12 heteroatoms. The van der Waals surface area contributed by atoms with Gasteiger partial charge in [-0.3, -0.25) is 9.13 Å². The maximum absolute atomic E-state index is 14.7. The minimum atomic E-state index is -3.80. The average molecular weight is 809 g/mol. The smallest absolute Gasteiger partial charge is 0.361 e. The summed E-state index contributed by atoms with van der Waals surface area (Å²) in [5, 5.41) is 0.891. The molecule has 8 bridgehead atoms. The summed E-state index contributed by atoms with van der Waals surface area (Å²) in [4.78, 5) is 0. The summed E-state index contributed by atoms with van der Waals surface area (Å²) in [7, 11) is -0.991. The third-order valence-corrected chi connectivity index (χ3v) is 13.8. The van der Waals surface area contributed by atoms with Crippen molar-refractivity contribution in [2.24, 2.45) is 0 Å². The highest BCUT2D eigenvalue weighted by atomic mass is 31.2. The Hall–Kier alpha value is -3.62. The van der Waals surface area contributed by atoms with Crippen molar-refractivity contribution in [3.05, 3.63) is 105 Å². The lowest BCUT2D eigenvalue weighted by Crippen LogP contribution is -2.19. The van der Waals surface area contributed by atoms with Gasteiger partial charge in [-0.05, 0) is 124 Å². The van der Waals surface area contributed by atoms with Crippen LogP contribution < -0.4 is 29.6 Å². The van der Waals surface area contributed by atoms with E-state index in [1.54, 1.807) is 28.4 Å². The van der Waals surface area contributed by atoms with E-state index in [2.05, 4.69) is 0 Å². The second-order valence-corrected chi connectivity index (χ2v) is 19.0. The van der Waals surface area contributed by atoms with Crippen LogP contribution in [-0.4, -0.2) is 52.9 Å². The quantitative estimate of drug-likeness (QED) is 0.101. The number of methoxy groups -OCH3 is 4. The molecule has 0 spiro atoms. The summed E-state index contributed by atoms with van der Waals surface area (Å²) in [5.41, 5.74) is 6.69. The molecule has 0 saturated carbocycles. The summed E-state index contributed by atoms with van der Waals surface area (Å²) in [6, 6.07) is 19.5. The summed E-state index contributed by atoms with van der Waals surface area (Å²) >= 11 is 0. The van der Waals surface area contributed by atoms with E-state index in [-0.39, 0.29) is 24.4 Å². The van der Waals surface area contributed by atoms with Crippen LogP contribution in [0.2, 0.25) is 0 Å². The van der Waals surface area contributed by atoms with Crippen LogP contribution in [-0.2, 0) is 52.9 Å². The number of hydrogen-bond donors (Lipinski definition) is 0. The van der Waals surface area contributed by atoms with Crippen LogP contribution in [0.5, 0.6) is 23.0 Å². The summed E-state index contributed by atoms with van der Waals surface area (Å²) in [6.45, 7) is 14.8. The fourth-order valence-electron chi connectivity index (χ4n) is 7.42.